The van der Waals surface area contributed by atoms with E-state index in [0.29, 0.717) is 19.2 Å². The first kappa shape index (κ1) is 15.0. The first-order chi connectivity index (χ1) is 11.3. The van der Waals surface area contributed by atoms with E-state index in [9.17, 15) is 4.79 Å². The third kappa shape index (κ3) is 3.38. The topological polar surface area (TPSA) is 63.9 Å². The van der Waals surface area contributed by atoms with Gasteiger partial charge in [-0.05, 0) is 44.2 Å². The van der Waals surface area contributed by atoms with Crippen LogP contribution in [0.1, 0.15) is 37.9 Å². The fourth-order valence-electron chi connectivity index (χ4n) is 3.88. The maximum absolute atomic E-state index is 12.8. The average Bonchev–Trinajstić information content (AvgIpc) is 3.32. The molecule has 3 aliphatic rings. The Morgan fingerprint density at radius 1 is 1.35 bits per heavy atom. The van der Waals surface area contributed by atoms with Crippen molar-refractivity contribution in [2.75, 3.05) is 13.2 Å². The van der Waals surface area contributed by atoms with E-state index in [0.717, 1.165) is 44.5 Å². The minimum atomic E-state index is -0.0435. The summed E-state index contributed by atoms with van der Waals surface area (Å²) in [4.78, 5) is 14.6. The van der Waals surface area contributed by atoms with E-state index in [1.165, 1.54) is 0 Å². The first-order valence-electron chi connectivity index (χ1n) is 8.63. The lowest BCUT2D eigenvalue weighted by Crippen LogP contribution is -2.49. The van der Waals surface area contributed by atoms with Gasteiger partial charge >= 0.3 is 6.03 Å². The number of hydrogen-bond acceptors (Lipinski definition) is 4. The van der Waals surface area contributed by atoms with Crippen molar-refractivity contribution in [2.45, 2.75) is 63.0 Å². The molecule has 0 saturated carbocycles. The summed E-state index contributed by atoms with van der Waals surface area (Å²) in [6, 6.07) is 3.85. The molecule has 6 heteroatoms. The lowest BCUT2D eigenvalue weighted by atomic mass is 9.96. The highest BCUT2D eigenvalue weighted by Crippen LogP contribution is 2.34. The molecule has 4 unspecified atom stereocenters. The zero-order chi connectivity index (χ0) is 15.6. The van der Waals surface area contributed by atoms with Crippen LogP contribution in [0.5, 0.6) is 0 Å². The molecule has 0 aliphatic carbocycles. The number of fused-ring (bicyclic) bond motifs is 2. The molecular formula is C17H24N2O4. The zero-order valence-corrected chi connectivity index (χ0v) is 13.3. The van der Waals surface area contributed by atoms with Crippen LogP contribution in [0.4, 0.5) is 4.79 Å². The molecule has 0 aromatic carbocycles. The van der Waals surface area contributed by atoms with Gasteiger partial charge in [-0.15, -0.1) is 0 Å². The second-order valence-corrected chi connectivity index (χ2v) is 6.76. The first-order valence-corrected chi connectivity index (χ1v) is 8.63. The molecule has 126 valence electrons. The summed E-state index contributed by atoms with van der Waals surface area (Å²) in [6.07, 6.45) is 7.50. The van der Waals surface area contributed by atoms with E-state index in [4.69, 9.17) is 13.9 Å². The van der Waals surface area contributed by atoms with Crippen molar-refractivity contribution in [3.63, 3.8) is 0 Å². The number of hydrogen-bond donors (Lipinski definition) is 1. The minimum Gasteiger partial charge on any atom is -0.467 e. The largest absolute Gasteiger partial charge is 0.467 e. The Balaban J connectivity index is 1.39. The summed E-state index contributed by atoms with van der Waals surface area (Å²) in [6.45, 7) is 1.87. The molecule has 3 aliphatic heterocycles. The van der Waals surface area contributed by atoms with Crippen molar-refractivity contribution < 1.29 is 18.7 Å². The Kier molecular flexibility index (Phi) is 4.27. The molecule has 3 fully saturated rings. The maximum Gasteiger partial charge on any atom is 0.318 e. The van der Waals surface area contributed by atoms with E-state index in [-0.39, 0.29) is 24.3 Å². The van der Waals surface area contributed by atoms with Gasteiger partial charge in [0.1, 0.15) is 5.76 Å². The lowest BCUT2D eigenvalue weighted by Gasteiger charge is -2.28. The minimum absolute atomic E-state index is 0.0435. The molecule has 1 N–H and O–H groups in total. The Bertz CT molecular complexity index is 527. The van der Waals surface area contributed by atoms with E-state index in [1.54, 1.807) is 11.2 Å². The smallest absolute Gasteiger partial charge is 0.318 e. The molecule has 4 heterocycles. The summed E-state index contributed by atoms with van der Waals surface area (Å²) in [5.41, 5.74) is 0. The van der Waals surface area contributed by atoms with Gasteiger partial charge in [0, 0.05) is 13.2 Å². The van der Waals surface area contributed by atoms with Gasteiger partial charge in [-0.1, -0.05) is 0 Å². The highest BCUT2D eigenvalue weighted by Gasteiger charge is 2.42. The van der Waals surface area contributed by atoms with Gasteiger partial charge in [-0.2, -0.15) is 0 Å². The van der Waals surface area contributed by atoms with Crippen molar-refractivity contribution >= 4 is 6.03 Å². The van der Waals surface area contributed by atoms with Crippen LogP contribution < -0.4 is 5.32 Å². The fourth-order valence-corrected chi connectivity index (χ4v) is 3.88. The van der Waals surface area contributed by atoms with Crippen LogP contribution in [0.2, 0.25) is 0 Å². The fraction of sp³-hybridized carbons (Fsp3) is 0.706. The molecule has 0 spiro atoms. The van der Waals surface area contributed by atoms with Crippen LogP contribution in [-0.2, 0) is 16.0 Å². The van der Waals surface area contributed by atoms with Crippen molar-refractivity contribution in [3.8, 4) is 0 Å². The molecule has 23 heavy (non-hydrogen) atoms. The third-order valence-corrected chi connectivity index (χ3v) is 5.08. The van der Waals surface area contributed by atoms with E-state index in [1.807, 2.05) is 12.1 Å². The van der Waals surface area contributed by atoms with E-state index < -0.39 is 0 Å². The highest BCUT2D eigenvalue weighted by molar-refractivity contribution is 5.74. The number of ether oxygens (including phenoxy) is 2. The molecular weight excluding hydrogens is 296 g/mol. The predicted molar refractivity (Wildman–Crippen MR) is 82.9 cm³/mol. The molecule has 1 aromatic rings. The zero-order valence-electron chi connectivity index (χ0n) is 13.3. The van der Waals surface area contributed by atoms with Crippen LogP contribution in [0, 0.1) is 0 Å². The molecule has 3 saturated heterocycles. The van der Waals surface area contributed by atoms with Gasteiger partial charge < -0.3 is 24.1 Å². The van der Waals surface area contributed by atoms with Crippen LogP contribution in [-0.4, -0.2) is 48.4 Å². The number of nitrogens with one attached hydrogen (secondary N) is 1. The van der Waals surface area contributed by atoms with Gasteiger partial charge in [-0.25, -0.2) is 4.79 Å². The summed E-state index contributed by atoms with van der Waals surface area (Å²) in [5, 5.41) is 3.16. The van der Waals surface area contributed by atoms with Crippen LogP contribution in [0.3, 0.4) is 0 Å². The molecule has 0 radical (unpaired) electrons. The number of furan rings is 1. The van der Waals surface area contributed by atoms with Crippen molar-refractivity contribution in [2.24, 2.45) is 0 Å². The van der Waals surface area contributed by atoms with Gasteiger partial charge in [0.2, 0.25) is 0 Å². The summed E-state index contributed by atoms with van der Waals surface area (Å²) < 4.78 is 16.9. The summed E-state index contributed by atoms with van der Waals surface area (Å²) in [7, 11) is 0. The maximum atomic E-state index is 12.8. The van der Waals surface area contributed by atoms with Crippen LogP contribution >= 0.6 is 0 Å². The normalized spacial score (nSPS) is 32.3. The van der Waals surface area contributed by atoms with E-state index in [2.05, 4.69) is 5.32 Å². The third-order valence-electron chi connectivity index (χ3n) is 5.08. The molecule has 2 bridgehead atoms. The SMILES string of the molecule is O=C(NC1CC2CCC1O2)N(Cc1ccco1)CC1CCCO1. The molecule has 4 rings (SSSR count). The van der Waals surface area contributed by atoms with Gasteiger partial charge in [0.25, 0.3) is 0 Å². The van der Waals surface area contributed by atoms with Crippen molar-refractivity contribution in [3.05, 3.63) is 24.2 Å². The quantitative estimate of drug-likeness (QED) is 0.904. The average molecular weight is 320 g/mol. The van der Waals surface area contributed by atoms with Crippen molar-refractivity contribution in [1.82, 2.24) is 10.2 Å². The number of urea groups is 1. The van der Waals surface area contributed by atoms with Crippen LogP contribution in [0.15, 0.2) is 22.8 Å². The Morgan fingerprint density at radius 2 is 2.30 bits per heavy atom. The predicted octanol–water partition coefficient (Wildman–Crippen LogP) is 2.29. The number of carbonyl (C=O) groups is 1. The molecule has 6 nitrogen and oxygen atoms in total. The highest BCUT2D eigenvalue weighted by atomic mass is 16.5. The monoisotopic (exact) mass is 320 g/mol. The van der Waals surface area contributed by atoms with E-state index >= 15 is 0 Å². The summed E-state index contributed by atoms with van der Waals surface area (Å²) in [5.74, 6) is 0.794. The second-order valence-electron chi connectivity index (χ2n) is 6.76. The molecule has 4 atom stereocenters. The summed E-state index contributed by atoms with van der Waals surface area (Å²) >= 11 is 0. The Morgan fingerprint density at radius 3 is 2.96 bits per heavy atom. The standard InChI is InChI=1S/C17H24N2O4/c20-17(18-15-9-12-5-6-16(15)23-12)19(10-13-3-1-7-21-13)11-14-4-2-8-22-14/h1,3,7,12,14-16H,2,4-6,8-11H2,(H,18,20). The Labute approximate surface area is 136 Å². The number of nitrogens with zero attached hydrogens (tertiary/aromatic N) is 1. The van der Waals surface area contributed by atoms with Gasteiger partial charge in [-0.3, -0.25) is 0 Å². The molecule has 2 amide bonds. The number of carbonyl (C=O) groups excluding carboxylic acids is 1. The number of rotatable bonds is 5. The van der Waals surface area contributed by atoms with Crippen LogP contribution in [0.25, 0.3) is 0 Å². The van der Waals surface area contributed by atoms with Crippen molar-refractivity contribution in [1.29, 1.82) is 0 Å². The van der Waals surface area contributed by atoms with Gasteiger partial charge in [0.15, 0.2) is 0 Å². The second kappa shape index (κ2) is 6.53. The molecule has 1 aromatic heterocycles. The van der Waals surface area contributed by atoms with Gasteiger partial charge in [0.05, 0.1) is 37.2 Å². The Hall–Kier alpha value is -1.53. The lowest BCUT2D eigenvalue weighted by molar-refractivity contribution is 0.0748. The number of amides is 2.